The molecule has 1 saturated heterocycles. The summed E-state index contributed by atoms with van der Waals surface area (Å²) >= 11 is 0. The normalized spacial score (nSPS) is 16.6. The van der Waals surface area contributed by atoms with Crippen LogP contribution in [0.5, 0.6) is 0 Å². The molecule has 0 unspecified atom stereocenters. The van der Waals surface area contributed by atoms with E-state index >= 15 is 0 Å². The number of rotatable bonds is 5. The number of hydrogen-bond donors (Lipinski definition) is 0. The van der Waals surface area contributed by atoms with Gasteiger partial charge in [-0.05, 0) is 67.9 Å². The number of para-hydroxylation sites is 1. The number of fused-ring (bicyclic) bond motifs is 1. The summed E-state index contributed by atoms with van der Waals surface area (Å²) in [5, 5.41) is 1.20. The van der Waals surface area contributed by atoms with Gasteiger partial charge in [-0.15, -0.1) is 0 Å². The third-order valence-corrected chi connectivity index (χ3v) is 6.81. The molecule has 0 spiro atoms. The van der Waals surface area contributed by atoms with E-state index in [2.05, 4.69) is 44.9 Å². The Labute approximate surface area is 195 Å². The lowest BCUT2D eigenvalue weighted by atomic mass is 9.91. The highest BCUT2D eigenvalue weighted by Crippen LogP contribution is 2.26. The molecule has 5 nitrogen and oxygen atoms in total. The molecule has 1 aliphatic heterocycles. The van der Waals surface area contributed by atoms with Gasteiger partial charge in [-0.1, -0.05) is 36.4 Å². The molecular formula is C28H30N4O. The number of amides is 1. The van der Waals surface area contributed by atoms with Gasteiger partial charge >= 0.3 is 0 Å². The fourth-order valence-corrected chi connectivity index (χ4v) is 4.97. The average Bonchev–Trinajstić information content (AvgIpc) is 3.10. The number of benzene rings is 2. The maximum atomic E-state index is 13.3. The minimum absolute atomic E-state index is 0.145. The van der Waals surface area contributed by atoms with Gasteiger partial charge < -0.3 is 9.47 Å². The first kappa shape index (κ1) is 21.4. The number of carbonyl (C=O) groups is 1. The maximum Gasteiger partial charge on any atom is 0.253 e. The van der Waals surface area contributed by atoms with E-state index in [9.17, 15) is 4.79 Å². The first-order chi connectivity index (χ1) is 16.2. The topological polar surface area (TPSA) is 51.0 Å². The van der Waals surface area contributed by atoms with E-state index in [1.165, 1.54) is 10.9 Å². The van der Waals surface area contributed by atoms with Crippen LogP contribution in [0.15, 0.2) is 73.2 Å². The Morgan fingerprint density at radius 2 is 1.88 bits per heavy atom. The fourth-order valence-electron chi connectivity index (χ4n) is 4.97. The van der Waals surface area contributed by atoms with Crippen LogP contribution >= 0.6 is 0 Å². The standard InChI is InChI=1S/C28H30N4O/c1-21-29-14-17-32(21)20-23-6-2-10-26(19-23)28(33)31-15-5-7-22(12-16-31)18-25-9-3-8-24-11-4-13-30-27(24)25/h2-4,6,8-11,13-14,17,19,22H,5,7,12,15-16,18,20H2,1H3/t22-/m0/s1. The Morgan fingerprint density at radius 3 is 2.76 bits per heavy atom. The Balaban J connectivity index is 1.25. The lowest BCUT2D eigenvalue weighted by Gasteiger charge is -2.21. The van der Waals surface area contributed by atoms with E-state index in [4.69, 9.17) is 0 Å². The van der Waals surface area contributed by atoms with Gasteiger partial charge in [0.15, 0.2) is 0 Å². The van der Waals surface area contributed by atoms with E-state index in [1.54, 1.807) is 0 Å². The summed E-state index contributed by atoms with van der Waals surface area (Å²) in [6.07, 6.45) is 9.91. The van der Waals surface area contributed by atoms with Gasteiger partial charge in [-0.2, -0.15) is 0 Å². The number of imidazole rings is 1. The van der Waals surface area contributed by atoms with Crippen LogP contribution in [-0.4, -0.2) is 38.4 Å². The summed E-state index contributed by atoms with van der Waals surface area (Å²) in [4.78, 5) is 24.3. The van der Waals surface area contributed by atoms with E-state index < -0.39 is 0 Å². The van der Waals surface area contributed by atoms with Crippen LogP contribution in [0.25, 0.3) is 10.9 Å². The van der Waals surface area contributed by atoms with Crippen LogP contribution in [0.2, 0.25) is 0 Å². The second kappa shape index (κ2) is 9.57. The van der Waals surface area contributed by atoms with Crippen molar-refractivity contribution in [2.75, 3.05) is 13.1 Å². The van der Waals surface area contributed by atoms with Gasteiger partial charge in [-0.25, -0.2) is 4.98 Å². The van der Waals surface area contributed by atoms with Crippen molar-refractivity contribution in [2.45, 2.75) is 39.2 Å². The zero-order chi connectivity index (χ0) is 22.6. The molecule has 0 N–H and O–H groups in total. The lowest BCUT2D eigenvalue weighted by Crippen LogP contribution is -2.32. The first-order valence-corrected chi connectivity index (χ1v) is 11.9. The van der Waals surface area contributed by atoms with E-state index in [0.717, 1.165) is 67.8 Å². The Morgan fingerprint density at radius 1 is 1.00 bits per heavy atom. The highest BCUT2D eigenvalue weighted by molar-refractivity contribution is 5.94. The molecule has 5 heteroatoms. The molecule has 33 heavy (non-hydrogen) atoms. The van der Waals surface area contributed by atoms with Crippen molar-refractivity contribution in [1.82, 2.24) is 19.4 Å². The molecule has 5 rings (SSSR count). The number of hydrogen-bond acceptors (Lipinski definition) is 3. The predicted molar refractivity (Wildman–Crippen MR) is 131 cm³/mol. The number of aromatic nitrogens is 3. The van der Waals surface area contributed by atoms with Crippen LogP contribution in [0.3, 0.4) is 0 Å². The van der Waals surface area contributed by atoms with Crippen molar-refractivity contribution in [2.24, 2.45) is 5.92 Å². The third kappa shape index (κ3) is 4.82. The van der Waals surface area contributed by atoms with Crippen LogP contribution in [0.4, 0.5) is 0 Å². The number of likely N-dealkylation sites (tertiary alicyclic amines) is 1. The smallest absolute Gasteiger partial charge is 0.253 e. The predicted octanol–water partition coefficient (Wildman–Crippen LogP) is 5.27. The Hall–Kier alpha value is -3.47. The fraction of sp³-hybridized carbons (Fsp3) is 0.321. The van der Waals surface area contributed by atoms with Crippen molar-refractivity contribution < 1.29 is 4.79 Å². The lowest BCUT2D eigenvalue weighted by molar-refractivity contribution is 0.0760. The number of pyridine rings is 1. The maximum absolute atomic E-state index is 13.3. The quantitative estimate of drug-likeness (QED) is 0.426. The second-order valence-corrected chi connectivity index (χ2v) is 9.09. The average molecular weight is 439 g/mol. The van der Waals surface area contributed by atoms with Crippen molar-refractivity contribution in [3.63, 3.8) is 0 Å². The zero-order valence-corrected chi connectivity index (χ0v) is 19.2. The van der Waals surface area contributed by atoms with Gasteiger partial charge in [-0.3, -0.25) is 9.78 Å². The van der Waals surface area contributed by atoms with Crippen molar-refractivity contribution >= 4 is 16.8 Å². The summed E-state index contributed by atoms with van der Waals surface area (Å²) in [6.45, 7) is 4.37. The van der Waals surface area contributed by atoms with Crippen LogP contribution in [0.1, 0.15) is 46.6 Å². The van der Waals surface area contributed by atoms with Gasteiger partial charge in [0.1, 0.15) is 5.82 Å². The third-order valence-electron chi connectivity index (χ3n) is 6.81. The minimum Gasteiger partial charge on any atom is -0.339 e. The molecule has 2 aromatic heterocycles. The molecule has 0 aliphatic carbocycles. The first-order valence-electron chi connectivity index (χ1n) is 11.9. The summed E-state index contributed by atoms with van der Waals surface area (Å²) in [5.41, 5.74) is 4.34. The molecule has 0 radical (unpaired) electrons. The van der Waals surface area contributed by atoms with Crippen molar-refractivity contribution in [1.29, 1.82) is 0 Å². The largest absolute Gasteiger partial charge is 0.339 e. The highest BCUT2D eigenvalue weighted by Gasteiger charge is 2.22. The zero-order valence-electron chi connectivity index (χ0n) is 19.2. The van der Waals surface area contributed by atoms with Crippen molar-refractivity contribution in [3.05, 3.63) is 95.7 Å². The molecule has 1 aliphatic rings. The molecule has 3 heterocycles. The monoisotopic (exact) mass is 438 g/mol. The van der Waals surface area contributed by atoms with E-state index in [1.807, 2.05) is 54.7 Å². The Bertz CT molecular complexity index is 1260. The summed E-state index contributed by atoms with van der Waals surface area (Å²) in [5.74, 6) is 1.70. The van der Waals surface area contributed by atoms with E-state index in [-0.39, 0.29) is 5.91 Å². The molecule has 0 bridgehead atoms. The number of nitrogens with zero attached hydrogens (tertiary/aromatic N) is 4. The van der Waals surface area contributed by atoms with E-state index in [0.29, 0.717) is 5.92 Å². The molecule has 168 valence electrons. The summed E-state index contributed by atoms with van der Waals surface area (Å²) < 4.78 is 2.10. The number of carbonyl (C=O) groups excluding carboxylic acids is 1. The molecule has 1 amide bonds. The van der Waals surface area contributed by atoms with Crippen molar-refractivity contribution in [3.8, 4) is 0 Å². The molecule has 0 saturated carbocycles. The molecule has 1 fully saturated rings. The van der Waals surface area contributed by atoms with Gasteiger partial charge in [0.25, 0.3) is 5.91 Å². The Kier molecular flexibility index (Phi) is 6.20. The minimum atomic E-state index is 0.145. The van der Waals surface area contributed by atoms with Crippen LogP contribution in [-0.2, 0) is 13.0 Å². The van der Waals surface area contributed by atoms with Gasteiger partial charge in [0.05, 0.1) is 5.52 Å². The van der Waals surface area contributed by atoms with Crippen LogP contribution in [0, 0.1) is 12.8 Å². The van der Waals surface area contributed by atoms with Gasteiger partial charge in [0.2, 0.25) is 0 Å². The molecule has 2 aromatic carbocycles. The summed E-state index contributed by atoms with van der Waals surface area (Å²) in [6, 6.07) is 18.6. The molecule has 4 aromatic rings. The summed E-state index contributed by atoms with van der Waals surface area (Å²) in [7, 11) is 0. The highest BCUT2D eigenvalue weighted by atomic mass is 16.2. The van der Waals surface area contributed by atoms with Crippen LogP contribution < -0.4 is 0 Å². The van der Waals surface area contributed by atoms with Gasteiger partial charge in [0, 0.05) is 49.2 Å². The molecule has 1 atom stereocenters. The molecular weight excluding hydrogens is 408 g/mol. The number of aryl methyl sites for hydroxylation is 1. The second-order valence-electron chi connectivity index (χ2n) is 9.09. The SMILES string of the molecule is Cc1nccn1Cc1cccc(C(=O)N2CCC[C@H](Cc3cccc4cccnc34)CC2)c1.